The van der Waals surface area contributed by atoms with E-state index in [1.807, 2.05) is 20.8 Å². The first-order valence-corrected chi connectivity index (χ1v) is 4.71. The van der Waals surface area contributed by atoms with E-state index in [1.54, 1.807) is 12.4 Å². The molecule has 4 nitrogen and oxygen atoms in total. The first kappa shape index (κ1) is 10.9. The molecular formula is C10H17N3O. The van der Waals surface area contributed by atoms with Crippen LogP contribution in [0, 0.1) is 0 Å². The van der Waals surface area contributed by atoms with Gasteiger partial charge >= 0.3 is 0 Å². The predicted octanol–water partition coefficient (Wildman–Crippen LogP) is 1.16. The molecular weight excluding hydrogens is 178 g/mol. The highest BCUT2D eigenvalue weighted by molar-refractivity contribution is 5.13. The van der Waals surface area contributed by atoms with Gasteiger partial charge in [0.2, 0.25) is 0 Å². The molecule has 0 unspecified atom stereocenters. The number of nitrogens with zero attached hydrogens (tertiary/aromatic N) is 2. The van der Waals surface area contributed by atoms with Crippen molar-refractivity contribution in [2.75, 3.05) is 6.54 Å². The van der Waals surface area contributed by atoms with E-state index >= 15 is 0 Å². The fourth-order valence-corrected chi connectivity index (χ4v) is 1.01. The van der Waals surface area contributed by atoms with Crippen LogP contribution in [0.2, 0.25) is 0 Å². The predicted molar refractivity (Wildman–Crippen MR) is 55.2 cm³/mol. The van der Waals surface area contributed by atoms with Crippen LogP contribution in [0.15, 0.2) is 12.4 Å². The van der Waals surface area contributed by atoms with E-state index in [-0.39, 0.29) is 5.60 Å². The van der Waals surface area contributed by atoms with Gasteiger partial charge in [0.05, 0.1) is 12.4 Å². The molecule has 1 aromatic heterocycles. The number of aromatic nitrogens is 2. The van der Waals surface area contributed by atoms with Crippen molar-refractivity contribution in [2.24, 2.45) is 5.73 Å². The zero-order valence-corrected chi connectivity index (χ0v) is 8.95. The van der Waals surface area contributed by atoms with Gasteiger partial charge in [0.1, 0.15) is 11.4 Å². The normalized spacial score (nSPS) is 11.4. The largest absolute Gasteiger partial charge is 0.485 e. The second-order valence-electron chi connectivity index (χ2n) is 4.09. The summed E-state index contributed by atoms with van der Waals surface area (Å²) in [4.78, 5) is 8.27. The lowest BCUT2D eigenvalue weighted by atomic mass is 10.2. The van der Waals surface area contributed by atoms with Crippen LogP contribution in [-0.2, 0) is 6.42 Å². The van der Waals surface area contributed by atoms with Crippen molar-refractivity contribution in [3.63, 3.8) is 0 Å². The molecule has 1 rings (SSSR count). The van der Waals surface area contributed by atoms with Crippen molar-refractivity contribution in [2.45, 2.75) is 32.8 Å². The first-order chi connectivity index (χ1) is 6.51. The molecule has 0 saturated carbocycles. The maximum Gasteiger partial charge on any atom is 0.156 e. The Morgan fingerprint density at radius 1 is 1.29 bits per heavy atom. The van der Waals surface area contributed by atoms with Gasteiger partial charge in [0, 0.05) is 6.42 Å². The van der Waals surface area contributed by atoms with Crippen molar-refractivity contribution in [1.82, 2.24) is 9.97 Å². The molecule has 0 atom stereocenters. The van der Waals surface area contributed by atoms with E-state index in [9.17, 15) is 0 Å². The summed E-state index contributed by atoms with van der Waals surface area (Å²) in [6.45, 7) is 6.53. The molecule has 2 N–H and O–H groups in total. The second-order valence-corrected chi connectivity index (χ2v) is 4.09. The van der Waals surface area contributed by atoms with Gasteiger partial charge in [-0.15, -0.1) is 0 Å². The smallest absolute Gasteiger partial charge is 0.156 e. The molecule has 0 spiro atoms. The number of nitrogens with two attached hydrogens (primary N) is 1. The molecule has 1 aromatic rings. The Morgan fingerprint density at radius 2 is 1.86 bits per heavy atom. The Balaban J connectivity index is 2.64. The highest BCUT2D eigenvalue weighted by Gasteiger charge is 2.11. The molecule has 1 heterocycles. The molecule has 0 radical (unpaired) electrons. The maximum absolute atomic E-state index is 5.58. The van der Waals surface area contributed by atoms with Crippen molar-refractivity contribution < 1.29 is 4.74 Å². The van der Waals surface area contributed by atoms with E-state index in [0.29, 0.717) is 18.7 Å². The lowest BCUT2D eigenvalue weighted by molar-refractivity contribution is 0.129. The SMILES string of the molecule is CC(C)(C)Oc1cnc(CCN)nc1. The zero-order valence-electron chi connectivity index (χ0n) is 8.95. The van der Waals surface area contributed by atoms with Crippen LogP contribution in [0.4, 0.5) is 0 Å². The van der Waals surface area contributed by atoms with E-state index < -0.39 is 0 Å². The molecule has 0 aliphatic carbocycles. The zero-order chi connectivity index (χ0) is 10.6. The van der Waals surface area contributed by atoms with Gasteiger partial charge in [-0.05, 0) is 27.3 Å². The Morgan fingerprint density at radius 3 is 2.29 bits per heavy atom. The number of hydrogen-bond donors (Lipinski definition) is 1. The molecule has 0 amide bonds. The summed E-state index contributed by atoms with van der Waals surface area (Å²) in [6.07, 6.45) is 4.07. The van der Waals surface area contributed by atoms with Gasteiger partial charge in [0.15, 0.2) is 5.75 Å². The standard InChI is InChI=1S/C10H17N3O/c1-10(2,3)14-8-6-12-9(4-5-11)13-7-8/h6-7H,4-5,11H2,1-3H3. The molecule has 0 aliphatic rings. The molecule has 4 heteroatoms. The Labute approximate surface area is 84.5 Å². The first-order valence-electron chi connectivity index (χ1n) is 4.71. The highest BCUT2D eigenvalue weighted by Crippen LogP contribution is 2.15. The van der Waals surface area contributed by atoms with Gasteiger partial charge in [-0.2, -0.15) is 0 Å². The van der Waals surface area contributed by atoms with Gasteiger partial charge in [0.25, 0.3) is 0 Å². The monoisotopic (exact) mass is 195 g/mol. The fraction of sp³-hybridized carbons (Fsp3) is 0.600. The van der Waals surface area contributed by atoms with Crippen LogP contribution in [0.3, 0.4) is 0 Å². The van der Waals surface area contributed by atoms with Crippen molar-refractivity contribution in [3.8, 4) is 5.75 Å². The van der Waals surface area contributed by atoms with E-state index in [4.69, 9.17) is 10.5 Å². The third-order valence-corrected chi connectivity index (χ3v) is 1.47. The van der Waals surface area contributed by atoms with Gasteiger partial charge in [-0.25, -0.2) is 9.97 Å². The summed E-state index contributed by atoms with van der Waals surface area (Å²) in [6, 6.07) is 0. The lowest BCUT2D eigenvalue weighted by Crippen LogP contribution is -2.23. The average Bonchev–Trinajstić information content (AvgIpc) is 2.06. The summed E-state index contributed by atoms with van der Waals surface area (Å²) >= 11 is 0. The van der Waals surface area contributed by atoms with E-state index in [2.05, 4.69) is 9.97 Å². The van der Waals surface area contributed by atoms with Gasteiger partial charge in [-0.3, -0.25) is 0 Å². The summed E-state index contributed by atoms with van der Waals surface area (Å²) in [5.41, 5.74) is 5.18. The van der Waals surface area contributed by atoms with Crippen LogP contribution in [0.1, 0.15) is 26.6 Å². The van der Waals surface area contributed by atoms with Crippen LogP contribution in [0.5, 0.6) is 5.75 Å². The number of hydrogen-bond acceptors (Lipinski definition) is 4. The van der Waals surface area contributed by atoms with E-state index in [0.717, 1.165) is 5.82 Å². The van der Waals surface area contributed by atoms with Crippen LogP contribution < -0.4 is 10.5 Å². The number of ether oxygens (including phenoxy) is 1. The minimum atomic E-state index is -0.210. The quantitative estimate of drug-likeness (QED) is 0.786. The van der Waals surface area contributed by atoms with Crippen LogP contribution in [-0.4, -0.2) is 22.1 Å². The molecule has 0 aliphatic heterocycles. The molecule has 0 saturated heterocycles. The lowest BCUT2D eigenvalue weighted by Gasteiger charge is -2.20. The Bertz CT molecular complexity index is 276. The number of rotatable bonds is 3. The highest BCUT2D eigenvalue weighted by atomic mass is 16.5. The van der Waals surface area contributed by atoms with Crippen molar-refractivity contribution in [3.05, 3.63) is 18.2 Å². The molecule has 14 heavy (non-hydrogen) atoms. The summed E-state index contributed by atoms with van der Waals surface area (Å²) in [5, 5.41) is 0. The minimum absolute atomic E-state index is 0.210. The maximum atomic E-state index is 5.58. The Kier molecular flexibility index (Phi) is 3.41. The minimum Gasteiger partial charge on any atom is -0.485 e. The summed E-state index contributed by atoms with van der Waals surface area (Å²) < 4.78 is 5.58. The van der Waals surface area contributed by atoms with Crippen molar-refractivity contribution >= 4 is 0 Å². The van der Waals surface area contributed by atoms with Gasteiger partial charge < -0.3 is 10.5 Å². The van der Waals surface area contributed by atoms with Gasteiger partial charge in [-0.1, -0.05) is 0 Å². The summed E-state index contributed by atoms with van der Waals surface area (Å²) in [5.74, 6) is 1.45. The average molecular weight is 195 g/mol. The molecule has 0 bridgehead atoms. The second kappa shape index (κ2) is 4.37. The molecule has 0 fully saturated rings. The molecule has 0 aromatic carbocycles. The van der Waals surface area contributed by atoms with E-state index in [1.165, 1.54) is 0 Å². The third-order valence-electron chi connectivity index (χ3n) is 1.47. The third kappa shape index (κ3) is 3.70. The topological polar surface area (TPSA) is 61.0 Å². The summed E-state index contributed by atoms with van der Waals surface area (Å²) in [7, 11) is 0. The Hall–Kier alpha value is -1.16. The van der Waals surface area contributed by atoms with Crippen molar-refractivity contribution in [1.29, 1.82) is 0 Å². The molecule has 78 valence electrons. The fourth-order valence-electron chi connectivity index (χ4n) is 1.01. The van der Waals surface area contributed by atoms with Crippen LogP contribution >= 0.6 is 0 Å². The van der Waals surface area contributed by atoms with Crippen LogP contribution in [0.25, 0.3) is 0 Å².